The molecule has 4 heteroatoms. The van der Waals surface area contributed by atoms with E-state index in [-0.39, 0.29) is 11.0 Å². The number of allylic oxidation sites excluding steroid dienone is 5. The van der Waals surface area contributed by atoms with Crippen LogP contribution in [0.5, 0.6) is 0 Å². The molecule has 0 fully saturated rings. The Kier molecular flexibility index (Phi) is 5.29. The lowest BCUT2D eigenvalue weighted by molar-refractivity contribution is 0.259. The maximum absolute atomic E-state index is 6.12. The van der Waals surface area contributed by atoms with Crippen LogP contribution in [0.2, 0.25) is 0 Å². The Hall–Kier alpha value is -1.68. The first-order chi connectivity index (χ1) is 9.55. The topological polar surface area (TPSA) is 64.9 Å². The highest BCUT2D eigenvalue weighted by atomic mass is 16.5. The van der Waals surface area contributed by atoms with Crippen molar-refractivity contribution in [3.63, 3.8) is 0 Å². The second-order valence-electron chi connectivity index (χ2n) is 6.92. The summed E-state index contributed by atoms with van der Waals surface area (Å²) in [5.74, 6) is 1.18. The van der Waals surface area contributed by atoms with Crippen molar-refractivity contribution in [2.75, 3.05) is 0 Å². The van der Waals surface area contributed by atoms with Gasteiger partial charge in [-0.25, -0.2) is 0 Å². The quantitative estimate of drug-likeness (QED) is 0.804. The molecule has 0 aliphatic heterocycles. The Morgan fingerprint density at radius 2 is 1.95 bits per heavy atom. The van der Waals surface area contributed by atoms with Crippen molar-refractivity contribution in [2.45, 2.75) is 58.9 Å². The van der Waals surface area contributed by atoms with Crippen LogP contribution < -0.4 is 5.73 Å². The fourth-order valence-electron chi connectivity index (χ4n) is 2.46. The minimum absolute atomic E-state index is 0.270. The van der Waals surface area contributed by atoms with E-state index in [9.17, 15) is 0 Å². The molecule has 1 aromatic heterocycles. The third-order valence-corrected chi connectivity index (χ3v) is 2.91. The first-order valence-electron chi connectivity index (χ1n) is 7.18. The second kappa shape index (κ2) is 6.39. The molecule has 0 amide bonds. The Balaban J connectivity index is 3.12. The Morgan fingerprint density at radius 3 is 2.43 bits per heavy atom. The molecule has 1 heterocycles. The number of hydrogen-bond donors (Lipinski definition) is 1. The van der Waals surface area contributed by atoms with E-state index in [1.54, 1.807) is 0 Å². The number of nitrogens with zero attached hydrogens (tertiary/aromatic N) is 2. The van der Waals surface area contributed by atoms with E-state index in [0.29, 0.717) is 11.7 Å². The lowest BCUT2D eigenvalue weighted by atomic mass is 9.80. The van der Waals surface area contributed by atoms with Crippen LogP contribution in [-0.2, 0) is 5.41 Å². The molecule has 0 unspecified atom stereocenters. The monoisotopic (exact) mass is 289 g/mol. The molecule has 1 aromatic rings. The minimum atomic E-state index is -0.294. The molecule has 0 atom stereocenters. The molecule has 0 spiro atoms. The van der Waals surface area contributed by atoms with Crippen LogP contribution >= 0.6 is 0 Å². The van der Waals surface area contributed by atoms with Gasteiger partial charge >= 0.3 is 0 Å². The highest BCUT2D eigenvalue weighted by Crippen LogP contribution is 2.31. The van der Waals surface area contributed by atoms with Crippen LogP contribution in [0.15, 0.2) is 34.9 Å². The molecule has 2 N–H and O–H groups in total. The van der Waals surface area contributed by atoms with E-state index in [1.165, 1.54) is 0 Å². The molecule has 0 saturated heterocycles. The van der Waals surface area contributed by atoms with Gasteiger partial charge in [-0.05, 0) is 40.2 Å². The van der Waals surface area contributed by atoms with Crippen molar-refractivity contribution in [3.8, 4) is 0 Å². The first kappa shape index (κ1) is 17.4. The maximum Gasteiger partial charge on any atom is 0.232 e. The summed E-state index contributed by atoms with van der Waals surface area (Å²) in [5, 5.41) is 4.10. The zero-order chi connectivity index (χ0) is 16.3. The molecule has 4 nitrogen and oxygen atoms in total. The SMILES string of the molecule is C=C(C)/C=C(\C=C/C)c1noc(C(C)(C)CC(C)(C)N)n1. The van der Waals surface area contributed by atoms with Crippen LogP contribution in [0, 0.1) is 0 Å². The molecular weight excluding hydrogens is 262 g/mol. The van der Waals surface area contributed by atoms with Gasteiger partial charge in [-0.2, -0.15) is 4.98 Å². The third-order valence-electron chi connectivity index (χ3n) is 2.91. The number of rotatable bonds is 6. The maximum atomic E-state index is 6.12. The first-order valence-corrected chi connectivity index (χ1v) is 7.18. The zero-order valence-corrected chi connectivity index (χ0v) is 14.0. The summed E-state index contributed by atoms with van der Waals surface area (Å²) in [6.07, 6.45) is 6.58. The van der Waals surface area contributed by atoms with Crippen molar-refractivity contribution in [2.24, 2.45) is 5.73 Å². The van der Waals surface area contributed by atoms with Crippen molar-refractivity contribution in [1.82, 2.24) is 10.1 Å². The van der Waals surface area contributed by atoms with Crippen molar-refractivity contribution >= 4 is 5.57 Å². The fourth-order valence-corrected chi connectivity index (χ4v) is 2.46. The lowest BCUT2D eigenvalue weighted by Crippen LogP contribution is -2.39. The largest absolute Gasteiger partial charge is 0.338 e. The highest BCUT2D eigenvalue weighted by Gasteiger charge is 2.33. The molecule has 116 valence electrons. The van der Waals surface area contributed by atoms with Gasteiger partial charge in [-0.1, -0.05) is 43.3 Å². The second-order valence-corrected chi connectivity index (χ2v) is 6.92. The smallest absolute Gasteiger partial charge is 0.232 e. The van der Waals surface area contributed by atoms with E-state index in [1.807, 2.05) is 45.9 Å². The van der Waals surface area contributed by atoms with Gasteiger partial charge in [-0.15, -0.1) is 0 Å². The van der Waals surface area contributed by atoms with Crippen molar-refractivity contribution in [1.29, 1.82) is 0 Å². The molecule has 21 heavy (non-hydrogen) atoms. The molecular formula is C17H27N3O. The number of hydrogen-bond acceptors (Lipinski definition) is 4. The average molecular weight is 289 g/mol. The predicted molar refractivity (Wildman–Crippen MR) is 87.8 cm³/mol. The Morgan fingerprint density at radius 1 is 1.33 bits per heavy atom. The van der Waals surface area contributed by atoms with Crippen LogP contribution in [0.3, 0.4) is 0 Å². The Labute approximate surface area is 127 Å². The summed E-state index contributed by atoms with van der Waals surface area (Å²) >= 11 is 0. The fraction of sp³-hybridized carbons (Fsp3) is 0.529. The third kappa shape index (κ3) is 5.31. The van der Waals surface area contributed by atoms with Crippen molar-refractivity contribution in [3.05, 3.63) is 42.1 Å². The van der Waals surface area contributed by atoms with Gasteiger partial charge in [0.1, 0.15) is 0 Å². The normalized spacial score (nSPS) is 14.0. The molecule has 1 rings (SSSR count). The van der Waals surface area contributed by atoms with Gasteiger partial charge in [0, 0.05) is 16.5 Å². The van der Waals surface area contributed by atoms with Gasteiger partial charge < -0.3 is 10.3 Å². The zero-order valence-electron chi connectivity index (χ0n) is 14.0. The van der Waals surface area contributed by atoms with E-state index in [4.69, 9.17) is 10.3 Å². The summed E-state index contributed by atoms with van der Waals surface area (Å²) < 4.78 is 5.46. The molecule has 0 saturated carbocycles. The predicted octanol–water partition coefficient (Wildman–Crippen LogP) is 4.01. The minimum Gasteiger partial charge on any atom is -0.338 e. The summed E-state index contributed by atoms with van der Waals surface area (Å²) in [5.41, 5.74) is 7.38. The van der Waals surface area contributed by atoms with Crippen LogP contribution in [0.1, 0.15) is 59.7 Å². The molecule has 0 aliphatic rings. The van der Waals surface area contributed by atoms with Gasteiger partial charge in [0.15, 0.2) is 0 Å². The van der Waals surface area contributed by atoms with Crippen LogP contribution in [-0.4, -0.2) is 15.7 Å². The highest BCUT2D eigenvalue weighted by molar-refractivity contribution is 5.71. The van der Waals surface area contributed by atoms with E-state index < -0.39 is 0 Å². The van der Waals surface area contributed by atoms with Gasteiger partial charge in [0.05, 0.1) is 0 Å². The Bertz CT molecular complexity index is 557. The molecule has 0 bridgehead atoms. The van der Waals surface area contributed by atoms with Crippen LogP contribution in [0.4, 0.5) is 0 Å². The average Bonchev–Trinajstić information content (AvgIpc) is 2.74. The van der Waals surface area contributed by atoms with E-state index >= 15 is 0 Å². The van der Waals surface area contributed by atoms with Gasteiger partial charge in [0.2, 0.25) is 11.7 Å². The number of aromatic nitrogens is 2. The summed E-state index contributed by atoms with van der Waals surface area (Å²) in [4.78, 5) is 4.54. The standard InChI is InChI=1S/C17H27N3O/c1-8-9-13(10-12(2)3)14-19-15(21-20-14)16(4,5)11-17(6,7)18/h8-10H,2,11,18H2,1,3-7H3/b9-8-,13-10+. The molecule has 0 aliphatic carbocycles. The van der Waals surface area contributed by atoms with Crippen LogP contribution in [0.25, 0.3) is 5.57 Å². The van der Waals surface area contributed by atoms with Gasteiger partial charge in [0.25, 0.3) is 0 Å². The molecule has 0 radical (unpaired) electrons. The summed E-state index contributed by atoms with van der Waals surface area (Å²) in [6.45, 7) is 15.9. The van der Waals surface area contributed by atoms with Crippen molar-refractivity contribution < 1.29 is 4.52 Å². The van der Waals surface area contributed by atoms with E-state index in [0.717, 1.165) is 17.6 Å². The number of nitrogens with two attached hydrogens (primary N) is 1. The van der Waals surface area contributed by atoms with E-state index in [2.05, 4.69) is 30.6 Å². The summed E-state index contributed by atoms with van der Waals surface area (Å²) in [7, 11) is 0. The lowest BCUT2D eigenvalue weighted by Gasteiger charge is -2.28. The molecule has 0 aromatic carbocycles. The summed E-state index contributed by atoms with van der Waals surface area (Å²) in [6, 6.07) is 0. The van der Waals surface area contributed by atoms with Gasteiger partial charge in [-0.3, -0.25) is 0 Å².